The van der Waals surface area contributed by atoms with Crippen molar-refractivity contribution in [3.8, 4) is 0 Å². The van der Waals surface area contributed by atoms with Gasteiger partial charge in [-0.1, -0.05) is 23.0 Å². The second kappa shape index (κ2) is 7.58. The lowest BCUT2D eigenvalue weighted by Gasteiger charge is -2.09. The van der Waals surface area contributed by atoms with E-state index in [4.69, 9.17) is 4.52 Å². The Kier molecular flexibility index (Phi) is 5.26. The minimum Gasteiger partial charge on any atom is -0.338 e. The first-order valence-electron chi connectivity index (χ1n) is 7.31. The minimum absolute atomic E-state index is 0.191. The molecule has 0 fully saturated rings. The van der Waals surface area contributed by atoms with Crippen molar-refractivity contribution in [1.82, 2.24) is 25.4 Å². The molecule has 3 heterocycles. The van der Waals surface area contributed by atoms with Crippen LogP contribution in [0.1, 0.15) is 17.5 Å². The molecule has 0 aliphatic rings. The molecule has 1 unspecified atom stereocenters. The van der Waals surface area contributed by atoms with Gasteiger partial charge in [0.25, 0.3) is 0 Å². The van der Waals surface area contributed by atoms with E-state index in [1.807, 2.05) is 11.4 Å². The Balaban J connectivity index is 1.57. The Morgan fingerprint density at radius 2 is 2.42 bits per heavy atom. The predicted molar refractivity (Wildman–Crippen MR) is 91.0 cm³/mol. The average molecular weight is 364 g/mol. The largest absolute Gasteiger partial charge is 0.338 e. The van der Waals surface area contributed by atoms with Crippen LogP contribution in [0.4, 0.5) is 5.88 Å². The van der Waals surface area contributed by atoms with Crippen LogP contribution in [0.5, 0.6) is 0 Å². The van der Waals surface area contributed by atoms with Crippen molar-refractivity contribution in [1.29, 1.82) is 0 Å². The fraction of sp³-hybridized carbons (Fsp3) is 0.357. The molecule has 1 N–H and O–H groups in total. The summed E-state index contributed by atoms with van der Waals surface area (Å²) < 4.78 is 6.70. The molecular formula is C14H16N6O2S2. The van der Waals surface area contributed by atoms with E-state index in [0.717, 1.165) is 6.42 Å². The molecule has 0 spiro atoms. The number of nitrogens with one attached hydrogen (secondary N) is 1. The van der Waals surface area contributed by atoms with E-state index >= 15 is 0 Å². The number of hydrogen-bond acceptors (Lipinski definition) is 8. The quantitative estimate of drug-likeness (QED) is 0.643. The zero-order chi connectivity index (χ0) is 16.9. The number of nitrogens with zero attached hydrogens (tertiary/aromatic N) is 5. The molecular weight excluding hydrogens is 348 g/mol. The maximum atomic E-state index is 12.2. The van der Waals surface area contributed by atoms with Gasteiger partial charge < -0.3 is 4.52 Å². The van der Waals surface area contributed by atoms with Gasteiger partial charge in [0.15, 0.2) is 0 Å². The number of amides is 1. The number of thiophene rings is 1. The smallest absolute Gasteiger partial charge is 0.240 e. The number of rotatable bonds is 7. The van der Waals surface area contributed by atoms with Crippen molar-refractivity contribution in [2.75, 3.05) is 5.32 Å². The van der Waals surface area contributed by atoms with Crippen LogP contribution >= 0.6 is 23.1 Å². The fourth-order valence-corrected chi connectivity index (χ4v) is 3.46. The number of carbonyl (C=O) groups is 1. The summed E-state index contributed by atoms with van der Waals surface area (Å²) in [5.41, 5.74) is 0.711. The van der Waals surface area contributed by atoms with Crippen LogP contribution in [0.25, 0.3) is 0 Å². The second-order valence-electron chi connectivity index (χ2n) is 5.10. The summed E-state index contributed by atoms with van der Waals surface area (Å²) in [7, 11) is 0. The highest BCUT2D eigenvalue weighted by Crippen LogP contribution is 2.22. The molecule has 3 aromatic rings. The number of hydrogen-bond donors (Lipinski definition) is 1. The lowest BCUT2D eigenvalue weighted by Crippen LogP contribution is -2.22. The Morgan fingerprint density at radius 3 is 3.12 bits per heavy atom. The van der Waals surface area contributed by atoms with Gasteiger partial charge in [-0.05, 0) is 35.7 Å². The maximum absolute atomic E-state index is 12.2. The SMILES string of the molecule is Cc1cc(NC(=O)C(C)Sc2nnnn2CCc2cccs2)on1. The van der Waals surface area contributed by atoms with Gasteiger partial charge in [0.05, 0.1) is 17.5 Å². The number of aryl methyl sites for hydroxylation is 3. The summed E-state index contributed by atoms with van der Waals surface area (Å²) in [6.45, 7) is 4.26. The normalized spacial score (nSPS) is 12.2. The summed E-state index contributed by atoms with van der Waals surface area (Å²) >= 11 is 3.01. The average Bonchev–Trinajstić information content (AvgIpc) is 3.28. The van der Waals surface area contributed by atoms with Crippen LogP contribution in [0.15, 0.2) is 33.3 Å². The Labute approximate surface area is 146 Å². The second-order valence-corrected chi connectivity index (χ2v) is 7.44. The zero-order valence-electron chi connectivity index (χ0n) is 13.2. The van der Waals surface area contributed by atoms with Crippen LogP contribution in [0.3, 0.4) is 0 Å². The first-order valence-corrected chi connectivity index (χ1v) is 9.07. The molecule has 0 aliphatic heterocycles. The van der Waals surface area contributed by atoms with Gasteiger partial charge in [-0.2, -0.15) is 0 Å². The molecule has 126 valence electrons. The molecule has 1 amide bonds. The minimum atomic E-state index is -0.373. The predicted octanol–water partition coefficient (Wildman–Crippen LogP) is 2.39. The van der Waals surface area contributed by atoms with Gasteiger partial charge >= 0.3 is 0 Å². The first-order chi connectivity index (χ1) is 11.6. The Hall–Kier alpha value is -2.20. The number of tetrazole rings is 1. The lowest BCUT2D eigenvalue weighted by atomic mass is 10.3. The monoisotopic (exact) mass is 364 g/mol. The Bertz CT molecular complexity index is 798. The van der Waals surface area contributed by atoms with Gasteiger partial charge in [-0.25, -0.2) is 4.68 Å². The van der Waals surface area contributed by atoms with Crippen molar-refractivity contribution in [2.45, 2.75) is 37.2 Å². The van der Waals surface area contributed by atoms with Crippen molar-refractivity contribution in [3.05, 3.63) is 34.2 Å². The van der Waals surface area contributed by atoms with Gasteiger partial charge in [0.2, 0.25) is 16.9 Å². The highest BCUT2D eigenvalue weighted by atomic mass is 32.2. The molecule has 3 aromatic heterocycles. The van der Waals surface area contributed by atoms with Gasteiger partial charge in [-0.15, -0.1) is 16.4 Å². The molecule has 3 rings (SSSR count). The topological polar surface area (TPSA) is 98.7 Å². The van der Waals surface area contributed by atoms with Crippen molar-refractivity contribution in [2.24, 2.45) is 0 Å². The molecule has 8 nitrogen and oxygen atoms in total. The molecule has 0 bridgehead atoms. The number of thioether (sulfide) groups is 1. The van der Waals surface area contributed by atoms with Crippen LogP contribution < -0.4 is 5.32 Å². The number of carbonyl (C=O) groups excluding carboxylic acids is 1. The van der Waals surface area contributed by atoms with Crippen LogP contribution in [-0.2, 0) is 17.8 Å². The van der Waals surface area contributed by atoms with Gasteiger partial charge in [-0.3, -0.25) is 10.1 Å². The summed E-state index contributed by atoms with van der Waals surface area (Å²) in [5.74, 6) is 0.145. The third-order valence-corrected chi connectivity index (χ3v) is 5.18. The molecule has 10 heteroatoms. The molecule has 0 radical (unpaired) electrons. The van der Waals surface area contributed by atoms with E-state index in [9.17, 15) is 4.79 Å². The maximum Gasteiger partial charge on any atom is 0.240 e. The van der Waals surface area contributed by atoms with Crippen LogP contribution in [-0.4, -0.2) is 36.5 Å². The van der Waals surface area contributed by atoms with E-state index < -0.39 is 0 Å². The fourth-order valence-electron chi connectivity index (χ4n) is 1.95. The molecule has 1 atom stereocenters. The number of anilines is 1. The standard InChI is InChI=1S/C14H16N6O2S2/c1-9-8-12(22-17-9)15-13(21)10(2)24-14-16-18-19-20(14)6-5-11-4-3-7-23-11/h3-4,7-8,10H,5-6H2,1-2H3,(H,15,21). The van der Waals surface area contributed by atoms with E-state index in [1.54, 1.807) is 35.9 Å². The third kappa shape index (κ3) is 4.20. The third-order valence-electron chi connectivity index (χ3n) is 3.17. The van der Waals surface area contributed by atoms with Crippen molar-refractivity contribution in [3.63, 3.8) is 0 Å². The highest BCUT2D eigenvalue weighted by Gasteiger charge is 2.20. The molecule has 24 heavy (non-hydrogen) atoms. The summed E-state index contributed by atoms with van der Waals surface area (Å²) in [5, 5.41) is 20.4. The molecule has 0 saturated carbocycles. The van der Waals surface area contributed by atoms with E-state index in [1.165, 1.54) is 16.6 Å². The summed E-state index contributed by atoms with van der Waals surface area (Å²) in [6.07, 6.45) is 0.855. The lowest BCUT2D eigenvalue weighted by molar-refractivity contribution is -0.115. The van der Waals surface area contributed by atoms with Gasteiger partial charge in [0, 0.05) is 17.4 Å². The number of aromatic nitrogens is 5. The Morgan fingerprint density at radius 1 is 1.54 bits per heavy atom. The zero-order valence-corrected chi connectivity index (χ0v) is 14.8. The van der Waals surface area contributed by atoms with E-state index in [2.05, 4.69) is 32.1 Å². The summed E-state index contributed by atoms with van der Waals surface area (Å²) in [4.78, 5) is 13.5. The van der Waals surface area contributed by atoms with Crippen molar-refractivity contribution < 1.29 is 9.32 Å². The molecule has 0 aliphatic carbocycles. The summed E-state index contributed by atoms with van der Waals surface area (Å²) in [6, 6.07) is 5.77. The van der Waals surface area contributed by atoms with E-state index in [0.29, 0.717) is 23.3 Å². The van der Waals surface area contributed by atoms with Crippen molar-refractivity contribution >= 4 is 34.9 Å². The first kappa shape index (κ1) is 16.7. The van der Waals surface area contributed by atoms with Gasteiger partial charge in [0.1, 0.15) is 0 Å². The van der Waals surface area contributed by atoms with E-state index in [-0.39, 0.29) is 11.2 Å². The van der Waals surface area contributed by atoms with Crippen LogP contribution in [0.2, 0.25) is 0 Å². The molecule has 0 aromatic carbocycles. The molecule has 0 saturated heterocycles. The highest BCUT2D eigenvalue weighted by molar-refractivity contribution is 8.00. The van der Waals surface area contributed by atoms with Crippen LogP contribution in [0, 0.1) is 6.92 Å².